The molecule has 1 fully saturated rings. The van der Waals surface area contributed by atoms with Crippen LogP contribution in [0.25, 0.3) is 21.7 Å². The first kappa shape index (κ1) is 19.4. The molecule has 0 spiro atoms. The number of benzene rings is 3. The van der Waals surface area contributed by atoms with Gasteiger partial charge in [0.25, 0.3) is 5.91 Å². The van der Waals surface area contributed by atoms with Crippen LogP contribution in [0.5, 0.6) is 0 Å². The second-order valence-corrected chi connectivity index (χ2v) is 7.91. The summed E-state index contributed by atoms with van der Waals surface area (Å²) in [5, 5.41) is 2.81. The first-order chi connectivity index (χ1) is 15.2. The van der Waals surface area contributed by atoms with Gasteiger partial charge in [-0.05, 0) is 41.0 Å². The van der Waals surface area contributed by atoms with Crippen molar-refractivity contribution in [3.05, 3.63) is 88.3 Å². The minimum Gasteiger partial charge on any atom is -0.422 e. The summed E-state index contributed by atoms with van der Waals surface area (Å²) in [7, 11) is 0. The molecule has 156 valence electrons. The molecule has 3 aromatic carbocycles. The number of nitrogens with zero attached hydrogens (tertiary/aromatic N) is 2. The Kier molecular flexibility index (Phi) is 4.94. The van der Waals surface area contributed by atoms with Crippen LogP contribution in [0.3, 0.4) is 0 Å². The van der Waals surface area contributed by atoms with Crippen LogP contribution in [0, 0.1) is 0 Å². The third kappa shape index (κ3) is 3.46. The molecule has 5 heteroatoms. The summed E-state index contributed by atoms with van der Waals surface area (Å²) in [6, 6.07) is 21.7. The lowest BCUT2D eigenvalue weighted by Crippen LogP contribution is -2.49. The lowest BCUT2D eigenvalue weighted by atomic mass is 10.0. The topological polar surface area (TPSA) is 53.8 Å². The number of hydrogen-bond donors (Lipinski definition) is 0. The minimum absolute atomic E-state index is 0.103. The second kappa shape index (κ2) is 7.91. The van der Waals surface area contributed by atoms with Crippen LogP contribution in [-0.2, 0) is 6.42 Å². The number of rotatable bonds is 3. The zero-order chi connectivity index (χ0) is 21.4. The van der Waals surface area contributed by atoms with Crippen molar-refractivity contribution in [2.75, 3.05) is 31.1 Å². The van der Waals surface area contributed by atoms with Gasteiger partial charge in [0.1, 0.15) is 11.1 Å². The number of carbonyl (C=O) groups excluding carboxylic acids is 1. The van der Waals surface area contributed by atoms with Gasteiger partial charge in [-0.25, -0.2) is 4.79 Å². The molecule has 0 saturated carbocycles. The third-order valence-corrected chi connectivity index (χ3v) is 6.15. The molecule has 0 aliphatic carbocycles. The van der Waals surface area contributed by atoms with E-state index in [1.165, 1.54) is 11.3 Å². The number of aryl methyl sites for hydroxylation is 1. The van der Waals surface area contributed by atoms with Crippen molar-refractivity contribution in [3.63, 3.8) is 0 Å². The van der Waals surface area contributed by atoms with Gasteiger partial charge in [-0.1, -0.05) is 55.5 Å². The summed E-state index contributed by atoms with van der Waals surface area (Å²) in [6.45, 7) is 4.78. The summed E-state index contributed by atoms with van der Waals surface area (Å²) >= 11 is 0. The molecule has 5 rings (SSSR count). The van der Waals surface area contributed by atoms with Gasteiger partial charge in [-0.3, -0.25) is 4.79 Å². The number of piperazine rings is 1. The Bertz CT molecular complexity index is 1330. The van der Waals surface area contributed by atoms with E-state index in [4.69, 9.17) is 4.42 Å². The molecule has 1 saturated heterocycles. The van der Waals surface area contributed by atoms with E-state index in [0.717, 1.165) is 35.7 Å². The maximum Gasteiger partial charge on any atom is 0.349 e. The fourth-order valence-electron chi connectivity index (χ4n) is 4.46. The van der Waals surface area contributed by atoms with E-state index < -0.39 is 5.63 Å². The van der Waals surface area contributed by atoms with Crippen LogP contribution in [-0.4, -0.2) is 37.0 Å². The largest absolute Gasteiger partial charge is 0.422 e. The van der Waals surface area contributed by atoms with Crippen LogP contribution in [0.2, 0.25) is 0 Å². The number of para-hydroxylation sites is 1. The second-order valence-electron chi connectivity index (χ2n) is 7.91. The zero-order valence-electron chi connectivity index (χ0n) is 17.5. The Labute approximate surface area is 180 Å². The first-order valence-electron chi connectivity index (χ1n) is 10.7. The highest BCUT2D eigenvalue weighted by Gasteiger charge is 2.26. The lowest BCUT2D eigenvalue weighted by Gasteiger charge is -2.37. The van der Waals surface area contributed by atoms with Gasteiger partial charge in [0.15, 0.2) is 0 Å². The monoisotopic (exact) mass is 412 g/mol. The third-order valence-electron chi connectivity index (χ3n) is 6.15. The highest BCUT2D eigenvalue weighted by Crippen LogP contribution is 2.26. The Morgan fingerprint density at radius 3 is 2.45 bits per heavy atom. The SMILES string of the molecule is CCc1ccccc1N1CCN(C(=O)c2cc3c(ccc4ccccc43)oc2=O)CC1. The molecule has 0 atom stereocenters. The Hall–Kier alpha value is -3.60. The molecule has 1 amide bonds. The highest BCUT2D eigenvalue weighted by atomic mass is 16.4. The van der Waals surface area contributed by atoms with Crippen molar-refractivity contribution in [1.29, 1.82) is 0 Å². The summed E-state index contributed by atoms with van der Waals surface area (Å²) in [5.74, 6) is -0.257. The highest BCUT2D eigenvalue weighted by molar-refractivity contribution is 6.07. The summed E-state index contributed by atoms with van der Waals surface area (Å²) < 4.78 is 5.52. The van der Waals surface area contributed by atoms with Gasteiger partial charge in [-0.15, -0.1) is 0 Å². The van der Waals surface area contributed by atoms with Crippen molar-refractivity contribution in [1.82, 2.24) is 4.90 Å². The van der Waals surface area contributed by atoms with Crippen molar-refractivity contribution < 1.29 is 9.21 Å². The van der Waals surface area contributed by atoms with Crippen LogP contribution < -0.4 is 10.5 Å². The van der Waals surface area contributed by atoms with Gasteiger partial charge < -0.3 is 14.2 Å². The summed E-state index contributed by atoms with van der Waals surface area (Å²) in [5.41, 5.74) is 2.57. The molecule has 31 heavy (non-hydrogen) atoms. The molecule has 4 aromatic rings. The summed E-state index contributed by atoms with van der Waals surface area (Å²) in [6.07, 6.45) is 0.974. The van der Waals surface area contributed by atoms with Crippen molar-refractivity contribution >= 4 is 33.3 Å². The van der Waals surface area contributed by atoms with Crippen molar-refractivity contribution in [2.24, 2.45) is 0 Å². The number of carbonyl (C=O) groups is 1. The number of hydrogen-bond acceptors (Lipinski definition) is 4. The predicted octanol–water partition coefficient (Wildman–Crippen LogP) is 4.47. The zero-order valence-corrected chi connectivity index (χ0v) is 17.5. The Balaban J connectivity index is 1.42. The van der Waals surface area contributed by atoms with Crippen LogP contribution in [0.1, 0.15) is 22.8 Å². The number of fused-ring (bicyclic) bond motifs is 3. The van der Waals surface area contributed by atoms with Crippen LogP contribution >= 0.6 is 0 Å². The fourth-order valence-corrected chi connectivity index (χ4v) is 4.46. The molecule has 0 unspecified atom stereocenters. The normalized spacial score (nSPS) is 14.4. The fraction of sp³-hybridized carbons (Fsp3) is 0.231. The molecule has 5 nitrogen and oxygen atoms in total. The number of anilines is 1. The Morgan fingerprint density at radius 1 is 0.903 bits per heavy atom. The quantitative estimate of drug-likeness (QED) is 0.368. The molecule has 2 heterocycles. The maximum atomic E-state index is 13.2. The number of amides is 1. The van der Waals surface area contributed by atoms with E-state index in [1.807, 2.05) is 30.3 Å². The first-order valence-corrected chi connectivity index (χ1v) is 10.7. The van der Waals surface area contributed by atoms with Crippen LogP contribution in [0.4, 0.5) is 5.69 Å². The molecular weight excluding hydrogens is 388 g/mol. The van der Waals surface area contributed by atoms with Crippen LogP contribution in [0.15, 0.2) is 75.9 Å². The van der Waals surface area contributed by atoms with Gasteiger partial charge in [-0.2, -0.15) is 0 Å². The van der Waals surface area contributed by atoms with E-state index in [-0.39, 0.29) is 11.5 Å². The Morgan fingerprint density at radius 2 is 1.65 bits per heavy atom. The van der Waals surface area contributed by atoms with Gasteiger partial charge in [0.2, 0.25) is 0 Å². The molecule has 0 radical (unpaired) electrons. The molecule has 1 aliphatic heterocycles. The minimum atomic E-state index is -0.577. The molecule has 1 aliphatic rings. The van der Waals surface area contributed by atoms with Crippen molar-refractivity contribution in [3.8, 4) is 0 Å². The van der Waals surface area contributed by atoms with Crippen molar-refractivity contribution in [2.45, 2.75) is 13.3 Å². The summed E-state index contributed by atoms with van der Waals surface area (Å²) in [4.78, 5) is 29.9. The van der Waals surface area contributed by atoms with E-state index in [1.54, 1.807) is 17.0 Å². The van der Waals surface area contributed by atoms with E-state index in [0.29, 0.717) is 18.7 Å². The predicted molar refractivity (Wildman–Crippen MR) is 124 cm³/mol. The van der Waals surface area contributed by atoms with E-state index in [2.05, 4.69) is 36.1 Å². The molecule has 0 bridgehead atoms. The average molecular weight is 412 g/mol. The smallest absolute Gasteiger partial charge is 0.349 e. The van der Waals surface area contributed by atoms with E-state index in [9.17, 15) is 9.59 Å². The molecule has 1 aromatic heterocycles. The van der Waals surface area contributed by atoms with Gasteiger partial charge in [0.05, 0.1) is 0 Å². The lowest BCUT2D eigenvalue weighted by molar-refractivity contribution is 0.0742. The van der Waals surface area contributed by atoms with Gasteiger partial charge >= 0.3 is 5.63 Å². The standard InChI is InChI=1S/C26H24N2O3/c1-2-18-7-4-6-10-23(18)27-13-15-28(16-14-27)25(29)22-17-21-20-9-5-3-8-19(20)11-12-24(21)31-26(22)30/h3-12,17H,2,13-16H2,1H3. The maximum absolute atomic E-state index is 13.2. The van der Waals surface area contributed by atoms with E-state index >= 15 is 0 Å². The molecular formula is C26H24N2O3. The molecule has 0 N–H and O–H groups in total. The van der Waals surface area contributed by atoms with Gasteiger partial charge in [0, 0.05) is 37.3 Å². The average Bonchev–Trinajstić information content (AvgIpc) is 2.83.